The molecule has 0 spiro atoms. The maximum atomic E-state index is 6.17. The van der Waals surface area contributed by atoms with Gasteiger partial charge in [0.25, 0.3) is 0 Å². The van der Waals surface area contributed by atoms with Crippen molar-refractivity contribution >= 4 is 5.70 Å². The van der Waals surface area contributed by atoms with Gasteiger partial charge in [0.05, 0.1) is 5.82 Å². The van der Waals surface area contributed by atoms with Crippen LogP contribution < -0.4 is 16.8 Å². The van der Waals surface area contributed by atoms with Crippen LogP contribution in [0.5, 0.6) is 0 Å². The van der Waals surface area contributed by atoms with E-state index >= 15 is 0 Å². The summed E-state index contributed by atoms with van der Waals surface area (Å²) in [6, 6.07) is 9.93. The molecule has 23 heavy (non-hydrogen) atoms. The summed E-state index contributed by atoms with van der Waals surface area (Å²) >= 11 is 0. The summed E-state index contributed by atoms with van der Waals surface area (Å²) in [5.41, 5.74) is 16.0. The fourth-order valence-corrected chi connectivity index (χ4v) is 4.28. The summed E-state index contributed by atoms with van der Waals surface area (Å²) in [5.74, 6) is 0.696. The molecule has 1 aromatic rings. The van der Waals surface area contributed by atoms with Crippen LogP contribution in [0.1, 0.15) is 44.6 Å². The Balaban J connectivity index is 1.63. The third-order valence-electron chi connectivity index (χ3n) is 5.57. The molecule has 3 fully saturated rings. The molecule has 3 saturated carbocycles. The van der Waals surface area contributed by atoms with Gasteiger partial charge in [0.15, 0.2) is 0 Å². The minimum Gasteiger partial charge on any atom is -0.398 e. The van der Waals surface area contributed by atoms with Gasteiger partial charge < -0.3 is 16.8 Å². The number of hydrogen-bond acceptors (Lipinski definition) is 3. The summed E-state index contributed by atoms with van der Waals surface area (Å²) in [7, 11) is 0. The Morgan fingerprint density at radius 2 is 1.87 bits per heavy atom. The van der Waals surface area contributed by atoms with Crippen molar-refractivity contribution in [2.24, 2.45) is 16.9 Å². The van der Waals surface area contributed by atoms with Crippen molar-refractivity contribution in [2.75, 3.05) is 0 Å². The van der Waals surface area contributed by atoms with Gasteiger partial charge in [0, 0.05) is 11.2 Å². The van der Waals surface area contributed by atoms with Gasteiger partial charge in [-0.2, -0.15) is 0 Å². The van der Waals surface area contributed by atoms with E-state index in [2.05, 4.69) is 18.8 Å². The van der Waals surface area contributed by atoms with Gasteiger partial charge in [0.1, 0.15) is 0 Å². The topological polar surface area (TPSA) is 64.1 Å². The van der Waals surface area contributed by atoms with Gasteiger partial charge in [-0.15, -0.1) is 0 Å². The third kappa shape index (κ3) is 2.88. The number of fused-ring (bicyclic) bond motifs is 1. The molecule has 0 radical (unpaired) electrons. The van der Waals surface area contributed by atoms with E-state index in [-0.39, 0.29) is 5.54 Å². The normalized spacial score (nSPS) is 30.0. The highest BCUT2D eigenvalue weighted by molar-refractivity contribution is 5.64. The molecular formula is C20H27N3. The Labute approximate surface area is 139 Å². The number of nitrogens with one attached hydrogen (secondary N) is 1. The third-order valence-corrected chi connectivity index (χ3v) is 5.57. The molecule has 122 valence electrons. The number of allylic oxidation sites excluding steroid dienone is 3. The molecule has 3 heteroatoms. The van der Waals surface area contributed by atoms with Crippen LogP contribution >= 0.6 is 0 Å². The van der Waals surface area contributed by atoms with E-state index < -0.39 is 0 Å². The zero-order valence-corrected chi connectivity index (χ0v) is 13.9. The van der Waals surface area contributed by atoms with E-state index in [1.54, 1.807) is 0 Å². The molecule has 0 aliphatic heterocycles. The van der Waals surface area contributed by atoms with Crippen LogP contribution in [0.2, 0.25) is 0 Å². The second kappa shape index (κ2) is 5.80. The predicted molar refractivity (Wildman–Crippen MR) is 97.1 cm³/mol. The molecule has 0 atom stereocenters. The summed E-state index contributed by atoms with van der Waals surface area (Å²) in [5, 5.41) is 3.53. The zero-order valence-electron chi connectivity index (χ0n) is 13.9. The Kier molecular flexibility index (Phi) is 3.97. The van der Waals surface area contributed by atoms with Gasteiger partial charge in [-0.05, 0) is 55.2 Å². The van der Waals surface area contributed by atoms with Gasteiger partial charge >= 0.3 is 0 Å². The standard InChI is InChI=1S/C20H27N3/c1-3-15(2)19-11-12-20(13-19,14-19)23-18(22)10-9-17(21)16-7-5-4-6-8-16/h4-10,23H,2-3,11-14,21-22H2,1H3/b17-9-,18-10+. The van der Waals surface area contributed by atoms with Crippen LogP contribution in [0, 0.1) is 5.41 Å². The number of nitrogens with two attached hydrogens (primary N) is 2. The van der Waals surface area contributed by atoms with E-state index in [0.717, 1.165) is 17.7 Å². The quantitative estimate of drug-likeness (QED) is 0.555. The lowest BCUT2D eigenvalue weighted by molar-refractivity contribution is 0.126. The summed E-state index contributed by atoms with van der Waals surface area (Å²) < 4.78 is 0. The van der Waals surface area contributed by atoms with Crippen LogP contribution in [0.3, 0.4) is 0 Å². The molecule has 0 amide bonds. The van der Waals surface area contributed by atoms with Crippen LogP contribution in [0.25, 0.3) is 5.70 Å². The van der Waals surface area contributed by atoms with Gasteiger partial charge in [-0.3, -0.25) is 0 Å². The Hall–Kier alpha value is -2.16. The number of rotatable bonds is 6. The Morgan fingerprint density at radius 1 is 1.17 bits per heavy atom. The maximum Gasteiger partial charge on any atom is 0.0965 e. The highest BCUT2D eigenvalue weighted by Crippen LogP contribution is 2.65. The molecule has 0 saturated heterocycles. The maximum absolute atomic E-state index is 6.17. The molecular weight excluding hydrogens is 282 g/mol. The fraction of sp³-hybridized carbons (Fsp3) is 0.400. The van der Waals surface area contributed by atoms with Crippen LogP contribution in [0.15, 0.2) is 60.5 Å². The van der Waals surface area contributed by atoms with Crippen molar-refractivity contribution in [3.8, 4) is 0 Å². The van der Waals surface area contributed by atoms with Crippen molar-refractivity contribution in [3.05, 3.63) is 66.0 Å². The molecule has 3 aliphatic carbocycles. The minimum atomic E-state index is 0.175. The fourth-order valence-electron chi connectivity index (χ4n) is 4.28. The first-order chi connectivity index (χ1) is 11.0. The highest BCUT2D eigenvalue weighted by Gasteiger charge is 2.61. The van der Waals surface area contributed by atoms with E-state index in [4.69, 9.17) is 11.5 Å². The number of benzene rings is 1. The largest absolute Gasteiger partial charge is 0.398 e. The van der Waals surface area contributed by atoms with E-state index in [1.165, 1.54) is 31.3 Å². The van der Waals surface area contributed by atoms with E-state index in [9.17, 15) is 0 Å². The van der Waals surface area contributed by atoms with Crippen molar-refractivity contribution in [1.29, 1.82) is 0 Å². The van der Waals surface area contributed by atoms with E-state index in [0.29, 0.717) is 11.2 Å². The molecule has 0 heterocycles. The first-order valence-electron chi connectivity index (χ1n) is 8.43. The molecule has 4 rings (SSSR count). The molecule has 2 bridgehead atoms. The molecule has 0 unspecified atom stereocenters. The van der Waals surface area contributed by atoms with Crippen LogP contribution in [0.4, 0.5) is 0 Å². The lowest BCUT2D eigenvalue weighted by atomic mass is 9.61. The smallest absolute Gasteiger partial charge is 0.0965 e. The molecule has 0 aromatic heterocycles. The van der Waals surface area contributed by atoms with Crippen LogP contribution in [-0.4, -0.2) is 5.54 Å². The van der Waals surface area contributed by atoms with Crippen molar-refractivity contribution in [2.45, 2.75) is 44.6 Å². The van der Waals surface area contributed by atoms with Crippen molar-refractivity contribution in [1.82, 2.24) is 5.32 Å². The van der Waals surface area contributed by atoms with Gasteiger partial charge in [0.2, 0.25) is 0 Å². The summed E-state index contributed by atoms with van der Waals surface area (Å²) in [4.78, 5) is 0. The van der Waals surface area contributed by atoms with Crippen LogP contribution in [-0.2, 0) is 0 Å². The molecule has 3 aliphatic rings. The Bertz CT molecular complexity index is 649. The summed E-state index contributed by atoms with van der Waals surface area (Å²) in [6.45, 7) is 6.47. The highest BCUT2D eigenvalue weighted by atomic mass is 15.1. The lowest BCUT2D eigenvalue weighted by Gasteiger charge is -2.49. The van der Waals surface area contributed by atoms with Gasteiger partial charge in [-0.1, -0.05) is 49.4 Å². The van der Waals surface area contributed by atoms with Crippen molar-refractivity contribution in [3.63, 3.8) is 0 Å². The first-order valence-corrected chi connectivity index (χ1v) is 8.43. The second-order valence-corrected chi connectivity index (χ2v) is 7.11. The average Bonchev–Trinajstić information content (AvgIpc) is 3.09. The monoisotopic (exact) mass is 309 g/mol. The Morgan fingerprint density at radius 3 is 2.52 bits per heavy atom. The molecule has 3 nitrogen and oxygen atoms in total. The molecule has 1 aromatic carbocycles. The summed E-state index contributed by atoms with van der Waals surface area (Å²) in [6.07, 6.45) is 9.58. The van der Waals surface area contributed by atoms with E-state index in [1.807, 2.05) is 42.5 Å². The average molecular weight is 309 g/mol. The zero-order chi connectivity index (χ0) is 16.5. The van der Waals surface area contributed by atoms with Crippen molar-refractivity contribution < 1.29 is 0 Å². The molecule has 5 N–H and O–H groups in total. The first kappa shape index (κ1) is 15.7. The second-order valence-electron chi connectivity index (χ2n) is 7.11. The lowest BCUT2D eigenvalue weighted by Crippen LogP contribution is -2.54. The number of hydrogen-bond donors (Lipinski definition) is 3. The predicted octanol–water partition coefficient (Wildman–Crippen LogP) is 3.65. The SMILES string of the molecule is C=C(CC)C12CCC(N/C(N)=C/C=C(\N)c3ccccc3)(C1)C2. The minimum absolute atomic E-state index is 0.175. The van der Waals surface area contributed by atoms with Gasteiger partial charge in [-0.25, -0.2) is 0 Å².